The van der Waals surface area contributed by atoms with E-state index in [9.17, 15) is 0 Å². The molecule has 0 aliphatic carbocycles. The lowest BCUT2D eigenvalue weighted by atomic mass is 10.2. The molecule has 0 aliphatic rings. The molecule has 2 nitrogen and oxygen atoms in total. The van der Waals surface area contributed by atoms with Crippen LogP contribution in [-0.2, 0) is 0 Å². The van der Waals surface area contributed by atoms with E-state index in [0.717, 1.165) is 19.5 Å². The van der Waals surface area contributed by atoms with E-state index < -0.39 is 0 Å². The fraction of sp³-hybridized carbons (Fsp3) is 0.778. The minimum atomic E-state index is 0.636. The topological polar surface area (TPSA) is 38.0 Å². The Morgan fingerprint density at radius 2 is 2.09 bits per heavy atom. The second-order valence-electron chi connectivity index (χ2n) is 3.05. The minimum Gasteiger partial charge on any atom is -0.391 e. The summed E-state index contributed by atoms with van der Waals surface area (Å²) in [6, 6.07) is 0. The van der Waals surface area contributed by atoms with E-state index in [1.54, 1.807) is 0 Å². The molecule has 0 heterocycles. The number of hydrogen-bond donors (Lipinski definition) is 2. The van der Waals surface area contributed by atoms with Gasteiger partial charge in [0.15, 0.2) is 0 Å². The summed E-state index contributed by atoms with van der Waals surface area (Å²) in [5.74, 6) is 0.636. The lowest BCUT2D eigenvalue weighted by molar-refractivity contribution is 0.698. The molecule has 66 valence electrons. The molecule has 3 N–H and O–H groups in total. The van der Waals surface area contributed by atoms with Crippen LogP contribution in [0, 0.1) is 5.92 Å². The largest absolute Gasteiger partial charge is 0.391 e. The molecule has 0 radical (unpaired) electrons. The molecule has 0 saturated carbocycles. The quantitative estimate of drug-likeness (QED) is 0.572. The Hall–Kier alpha value is -0.500. The van der Waals surface area contributed by atoms with Gasteiger partial charge < -0.3 is 11.1 Å². The fourth-order valence-corrected chi connectivity index (χ4v) is 0.715. The van der Waals surface area contributed by atoms with Crippen molar-refractivity contribution in [3.05, 3.63) is 12.3 Å². The molecule has 0 bridgehead atoms. The van der Waals surface area contributed by atoms with Gasteiger partial charge in [-0.1, -0.05) is 19.9 Å². The fourth-order valence-electron chi connectivity index (χ4n) is 0.715. The number of nitrogens with two attached hydrogens (primary N) is 1. The first kappa shape index (κ1) is 10.5. The van der Waals surface area contributed by atoms with Crippen LogP contribution in [0.4, 0.5) is 0 Å². The van der Waals surface area contributed by atoms with E-state index in [2.05, 4.69) is 25.2 Å². The second-order valence-corrected chi connectivity index (χ2v) is 3.05. The monoisotopic (exact) mass is 156 g/mol. The van der Waals surface area contributed by atoms with Gasteiger partial charge in [0.2, 0.25) is 0 Å². The van der Waals surface area contributed by atoms with Crippen molar-refractivity contribution in [3.8, 4) is 0 Å². The van der Waals surface area contributed by atoms with E-state index in [4.69, 9.17) is 5.73 Å². The molecule has 0 aromatic heterocycles. The zero-order valence-electron chi connectivity index (χ0n) is 7.64. The zero-order chi connectivity index (χ0) is 8.53. The van der Waals surface area contributed by atoms with Gasteiger partial charge in [0.25, 0.3) is 0 Å². The van der Waals surface area contributed by atoms with Gasteiger partial charge >= 0.3 is 0 Å². The van der Waals surface area contributed by atoms with Crippen LogP contribution in [0.1, 0.15) is 26.7 Å². The molecule has 0 amide bonds. The molecule has 0 aromatic rings. The highest BCUT2D eigenvalue weighted by Gasteiger charge is 1.83. The Morgan fingerprint density at radius 1 is 1.36 bits per heavy atom. The van der Waals surface area contributed by atoms with Gasteiger partial charge in [-0.3, -0.25) is 0 Å². The highest BCUT2D eigenvalue weighted by molar-refractivity contribution is 4.81. The number of allylic oxidation sites excluding steroid dienone is 1. The molecule has 0 aromatic carbocycles. The average Bonchev–Trinajstić information content (AvgIpc) is 1.96. The predicted octanol–water partition coefficient (Wildman–Crippen LogP) is 1.48. The van der Waals surface area contributed by atoms with Crippen LogP contribution in [0.15, 0.2) is 12.3 Å². The molecule has 0 spiro atoms. The third-order valence-corrected chi connectivity index (χ3v) is 1.37. The van der Waals surface area contributed by atoms with E-state index in [0.29, 0.717) is 5.92 Å². The van der Waals surface area contributed by atoms with Crippen LogP contribution in [0.25, 0.3) is 0 Å². The maximum Gasteiger partial charge on any atom is 0.0141 e. The smallest absolute Gasteiger partial charge is 0.0141 e. The first-order valence-corrected chi connectivity index (χ1v) is 4.37. The summed E-state index contributed by atoms with van der Waals surface area (Å²) in [7, 11) is 0. The maximum absolute atomic E-state index is 5.35. The molecular weight excluding hydrogens is 136 g/mol. The molecular formula is C9H20N2. The lowest BCUT2D eigenvalue weighted by Gasteiger charge is -1.99. The SMILES string of the molecule is CC(C)/C=C/NCCCCN. The Balaban J connectivity index is 3.01. The third-order valence-electron chi connectivity index (χ3n) is 1.37. The third kappa shape index (κ3) is 9.50. The number of rotatable bonds is 6. The van der Waals surface area contributed by atoms with E-state index >= 15 is 0 Å². The van der Waals surface area contributed by atoms with E-state index in [1.807, 2.05) is 6.20 Å². The summed E-state index contributed by atoms with van der Waals surface area (Å²) >= 11 is 0. The Labute approximate surface area is 69.9 Å². The average molecular weight is 156 g/mol. The van der Waals surface area contributed by atoms with Gasteiger partial charge in [-0.25, -0.2) is 0 Å². The molecule has 0 fully saturated rings. The summed E-state index contributed by atoms with van der Waals surface area (Å²) < 4.78 is 0. The Kier molecular flexibility index (Phi) is 7.26. The number of unbranched alkanes of at least 4 members (excludes halogenated alkanes) is 1. The van der Waals surface area contributed by atoms with Crippen LogP contribution < -0.4 is 11.1 Å². The van der Waals surface area contributed by atoms with Crippen molar-refractivity contribution in [1.29, 1.82) is 0 Å². The molecule has 0 saturated heterocycles. The summed E-state index contributed by atoms with van der Waals surface area (Å²) in [6.45, 7) is 6.17. The van der Waals surface area contributed by atoms with Crippen LogP contribution >= 0.6 is 0 Å². The van der Waals surface area contributed by atoms with Crippen molar-refractivity contribution in [2.75, 3.05) is 13.1 Å². The Bertz CT molecular complexity index is 97.7. The molecule has 2 heteroatoms. The minimum absolute atomic E-state index is 0.636. The van der Waals surface area contributed by atoms with Crippen molar-refractivity contribution in [2.24, 2.45) is 11.7 Å². The molecule has 0 aliphatic heterocycles. The molecule has 0 rings (SSSR count). The first-order valence-electron chi connectivity index (χ1n) is 4.37. The summed E-state index contributed by atoms with van der Waals surface area (Å²) in [4.78, 5) is 0. The summed E-state index contributed by atoms with van der Waals surface area (Å²) in [5, 5.41) is 3.22. The van der Waals surface area contributed by atoms with Crippen molar-refractivity contribution < 1.29 is 0 Å². The van der Waals surface area contributed by atoms with Crippen LogP contribution in [0.2, 0.25) is 0 Å². The van der Waals surface area contributed by atoms with E-state index in [-0.39, 0.29) is 0 Å². The summed E-state index contributed by atoms with van der Waals surface area (Å²) in [6.07, 6.45) is 6.46. The van der Waals surface area contributed by atoms with Gasteiger partial charge in [0, 0.05) is 6.54 Å². The lowest BCUT2D eigenvalue weighted by Crippen LogP contribution is -2.09. The number of nitrogens with one attached hydrogen (secondary N) is 1. The maximum atomic E-state index is 5.35. The van der Waals surface area contributed by atoms with Crippen LogP contribution in [0.3, 0.4) is 0 Å². The van der Waals surface area contributed by atoms with Gasteiger partial charge in [-0.2, -0.15) is 0 Å². The molecule has 0 unspecified atom stereocenters. The van der Waals surface area contributed by atoms with Crippen molar-refractivity contribution in [3.63, 3.8) is 0 Å². The second kappa shape index (κ2) is 7.61. The van der Waals surface area contributed by atoms with Crippen molar-refractivity contribution in [1.82, 2.24) is 5.32 Å². The molecule has 11 heavy (non-hydrogen) atoms. The van der Waals surface area contributed by atoms with Crippen LogP contribution in [-0.4, -0.2) is 13.1 Å². The van der Waals surface area contributed by atoms with Gasteiger partial charge in [-0.05, 0) is 31.5 Å². The standard InChI is InChI=1S/C9H20N2/c1-9(2)5-8-11-7-4-3-6-10/h5,8-9,11H,3-4,6-7,10H2,1-2H3/b8-5+. The number of hydrogen-bond acceptors (Lipinski definition) is 2. The van der Waals surface area contributed by atoms with E-state index in [1.165, 1.54) is 6.42 Å². The van der Waals surface area contributed by atoms with Gasteiger partial charge in [0.05, 0.1) is 0 Å². The Morgan fingerprint density at radius 3 is 2.64 bits per heavy atom. The molecule has 0 atom stereocenters. The normalized spacial score (nSPS) is 11.3. The summed E-state index contributed by atoms with van der Waals surface area (Å²) in [5.41, 5.74) is 5.35. The predicted molar refractivity (Wildman–Crippen MR) is 50.3 cm³/mol. The van der Waals surface area contributed by atoms with Crippen molar-refractivity contribution in [2.45, 2.75) is 26.7 Å². The van der Waals surface area contributed by atoms with Crippen molar-refractivity contribution >= 4 is 0 Å². The van der Waals surface area contributed by atoms with Crippen LogP contribution in [0.5, 0.6) is 0 Å². The highest BCUT2D eigenvalue weighted by atomic mass is 14.8. The first-order chi connectivity index (χ1) is 5.27. The van der Waals surface area contributed by atoms with Gasteiger partial charge in [0.1, 0.15) is 0 Å². The highest BCUT2D eigenvalue weighted by Crippen LogP contribution is 1.91. The zero-order valence-corrected chi connectivity index (χ0v) is 7.64. The van der Waals surface area contributed by atoms with Gasteiger partial charge in [-0.15, -0.1) is 0 Å².